The average molecular weight is 241 g/mol. The van der Waals surface area contributed by atoms with Gasteiger partial charge >= 0.3 is 0 Å². The van der Waals surface area contributed by atoms with Gasteiger partial charge in [0.15, 0.2) is 5.16 Å². The molecule has 0 bridgehead atoms. The van der Waals surface area contributed by atoms with Crippen LogP contribution < -0.4 is 5.32 Å². The molecule has 2 unspecified atom stereocenters. The number of aliphatic hydroxyl groups is 1. The lowest BCUT2D eigenvalue weighted by Crippen LogP contribution is -2.16. The van der Waals surface area contributed by atoms with E-state index in [1.54, 1.807) is 6.92 Å². The summed E-state index contributed by atoms with van der Waals surface area (Å²) in [6.45, 7) is 7.54. The fourth-order valence-electron chi connectivity index (χ4n) is 1.03. The van der Waals surface area contributed by atoms with E-state index in [-0.39, 0.29) is 11.4 Å². The topological polar surface area (TPSA) is 58.0 Å². The molecule has 90 valence electrons. The van der Waals surface area contributed by atoms with Crippen LogP contribution in [0.3, 0.4) is 0 Å². The van der Waals surface area contributed by atoms with Gasteiger partial charge in [0.1, 0.15) is 0 Å². The van der Waals surface area contributed by atoms with Crippen LogP contribution in [0.25, 0.3) is 0 Å². The van der Waals surface area contributed by atoms with Crippen molar-refractivity contribution in [1.82, 2.24) is 15.3 Å². The van der Waals surface area contributed by atoms with Crippen LogP contribution in [0.15, 0.2) is 17.6 Å². The first-order valence-corrected chi connectivity index (χ1v) is 6.37. The van der Waals surface area contributed by atoms with Crippen molar-refractivity contribution in [1.29, 1.82) is 0 Å². The number of rotatable bonds is 6. The quantitative estimate of drug-likeness (QED) is 0.583. The van der Waals surface area contributed by atoms with Gasteiger partial charge in [0.25, 0.3) is 0 Å². The van der Waals surface area contributed by atoms with Crippen LogP contribution >= 0.6 is 11.8 Å². The molecule has 2 N–H and O–H groups in total. The zero-order valence-corrected chi connectivity index (χ0v) is 10.8. The highest BCUT2D eigenvalue weighted by Crippen LogP contribution is 2.21. The van der Waals surface area contributed by atoms with E-state index in [1.165, 1.54) is 11.8 Å². The van der Waals surface area contributed by atoms with Crippen LogP contribution in [0.4, 0.5) is 0 Å². The van der Waals surface area contributed by atoms with Crippen molar-refractivity contribution in [2.45, 2.75) is 43.8 Å². The third-order valence-corrected chi connectivity index (χ3v) is 3.42. The Morgan fingerprint density at radius 3 is 2.50 bits per heavy atom. The molecule has 0 radical (unpaired) electrons. The third-order valence-electron chi connectivity index (χ3n) is 2.23. The second-order valence-corrected chi connectivity index (χ2v) is 5.06. The molecule has 0 aliphatic heterocycles. The summed E-state index contributed by atoms with van der Waals surface area (Å²) in [5.41, 5.74) is 1.08. The minimum Gasteiger partial charge on any atom is -0.392 e. The largest absolute Gasteiger partial charge is 0.392 e. The monoisotopic (exact) mass is 241 g/mol. The molecule has 0 aromatic carbocycles. The Balaban J connectivity index is 2.51. The molecule has 0 aliphatic rings. The van der Waals surface area contributed by atoms with Crippen LogP contribution in [-0.4, -0.2) is 33.0 Å². The van der Waals surface area contributed by atoms with Crippen LogP contribution in [0.5, 0.6) is 0 Å². The normalized spacial score (nSPS) is 14.8. The standard InChI is InChI=1S/C11H19N3OS/c1-4-12-5-10-6-13-11(14-7-10)16-9(3)8(2)15/h6-9,12,15H,4-5H2,1-3H3. The first kappa shape index (κ1) is 13.4. The Hall–Kier alpha value is -0.650. The van der Waals surface area contributed by atoms with Crippen LogP contribution in [0.1, 0.15) is 26.3 Å². The highest BCUT2D eigenvalue weighted by Gasteiger charge is 2.11. The molecule has 0 saturated heterocycles. The first-order valence-electron chi connectivity index (χ1n) is 5.49. The summed E-state index contributed by atoms with van der Waals surface area (Å²) in [7, 11) is 0. The Morgan fingerprint density at radius 2 is 2.00 bits per heavy atom. The molecule has 0 amide bonds. The van der Waals surface area contributed by atoms with Gasteiger partial charge in [0, 0.05) is 29.8 Å². The summed E-state index contributed by atoms with van der Waals surface area (Å²) in [6, 6.07) is 0. The summed E-state index contributed by atoms with van der Waals surface area (Å²) in [4.78, 5) is 8.51. The molecule has 2 atom stereocenters. The summed E-state index contributed by atoms with van der Waals surface area (Å²) in [5, 5.41) is 13.4. The maximum atomic E-state index is 9.37. The molecule has 0 saturated carbocycles. The van der Waals surface area contributed by atoms with Crippen molar-refractivity contribution in [2.24, 2.45) is 0 Å². The Kier molecular flexibility index (Phi) is 5.73. The zero-order chi connectivity index (χ0) is 12.0. The van der Waals surface area contributed by atoms with Crippen LogP contribution in [0, 0.1) is 0 Å². The van der Waals surface area contributed by atoms with Crippen molar-refractivity contribution < 1.29 is 5.11 Å². The van der Waals surface area contributed by atoms with Crippen molar-refractivity contribution >= 4 is 11.8 Å². The van der Waals surface area contributed by atoms with E-state index < -0.39 is 0 Å². The molecule has 1 rings (SSSR count). The van der Waals surface area contributed by atoms with E-state index in [4.69, 9.17) is 0 Å². The molecule has 1 aromatic rings. The van der Waals surface area contributed by atoms with Gasteiger partial charge in [-0.15, -0.1) is 0 Å². The van der Waals surface area contributed by atoms with E-state index in [0.29, 0.717) is 5.16 Å². The summed E-state index contributed by atoms with van der Waals surface area (Å²) >= 11 is 1.49. The predicted molar refractivity (Wildman–Crippen MR) is 66.4 cm³/mol. The van der Waals surface area contributed by atoms with Gasteiger partial charge in [-0.25, -0.2) is 9.97 Å². The number of hydrogen-bond acceptors (Lipinski definition) is 5. The number of nitrogens with one attached hydrogen (secondary N) is 1. The second kappa shape index (κ2) is 6.83. The molecule has 0 fully saturated rings. The minimum absolute atomic E-state index is 0.111. The first-order chi connectivity index (χ1) is 7.63. The van der Waals surface area contributed by atoms with Gasteiger partial charge in [-0.05, 0) is 13.5 Å². The molecule has 0 spiro atoms. The highest BCUT2D eigenvalue weighted by molar-refractivity contribution is 7.99. The molecule has 4 nitrogen and oxygen atoms in total. The summed E-state index contributed by atoms with van der Waals surface area (Å²) in [5.74, 6) is 0. The SMILES string of the molecule is CCNCc1cnc(SC(C)C(C)O)nc1. The van der Waals surface area contributed by atoms with Crippen molar-refractivity contribution in [3.63, 3.8) is 0 Å². The zero-order valence-electron chi connectivity index (χ0n) is 9.97. The molecule has 16 heavy (non-hydrogen) atoms. The lowest BCUT2D eigenvalue weighted by molar-refractivity contribution is 0.196. The molecule has 0 aliphatic carbocycles. The predicted octanol–water partition coefficient (Wildman–Crippen LogP) is 1.45. The third kappa shape index (κ3) is 4.47. The maximum Gasteiger partial charge on any atom is 0.187 e. The van der Waals surface area contributed by atoms with E-state index in [2.05, 4.69) is 22.2 Å². The van der Waals surface area contributed by atoms with Crippen molar-refractivity contribution in [3.8, 4) is 0 Å². The van der Waals surface area contributed by atoms with Gasteiger partial charge < -0.3 is 10.4 Å². The maximum absolute atomic E-state index is 9.37. The molecule has 1 aromatic heterocycles. The highest BCUT2D eigenvalue weighted by atomic mass is 32.2. The number of aromatic nitrogens is 2. The average Bonchev–Trinajstić information content (AvgIpc) is 2.28. The number of nitrogens with zero attached hydrogens (tertiary/aromatic N) is 2. The van der Waals surface area contributed by atoms with Gasteiger partial charge in [-0.2, -0.15) is 0 Å². The Morgan fingerprint density at radius 1 is 1.38 bits per heavy atom. The summed E-state index contributed by atoms with van der Waals surface area (Å²) in [6.07, 6.45) is 3.30. The minimum atomic E-state index is -0.352. The Labute approximate surface area is 101 Å². The van der Waals surface area contributed by atoms with Crippen LogP contribution in [-0.2, 0) is 6.54 Å². The van der Waals surface area contributed by atoms with Gasteiger partial charge in [-0.1, -0.05) is 25.6 Å². The van der Waals surface area contributed by atoms with Gasteiger partial charge in [0.2, 0.25) is 0 Å². The number of aliphatic hydroxyl groups excluding tert-OH is 1. The van der Waals surface area contributed by atoms with Crippen LogP contribution in [0.2, 0.25) is 0 Å². The Bertz CT molecular complexity index is 303. The lowest BCUT2D eigenvalue weighted by atomic mass is 10.3. The van der Waals surface area contributed by atoms with Gasteiger partial charge in [-0.3, -0.25) is 0 Å². The molecule has 5 heteroatoms. The fraction of sp³-hybridized carbons (Fsp3) is 0.636. The van der Waals surface area contributed by atoms with Crippen molar-refractivity contribution in [2.75, 3.05) is 6.54 Å². The van der Waals surface area contributed by atoms with E-state index in [0.717, 1.165) is 18.7 Å². The molecular weight excluding hydrogens is 222 g/mol. The molecule has 1 heterocycles. The fourth-order valence-corrected chi connectivity index (χ4v) is 1.79. The van der Waals surface area contributed by atoms with Gasteiger partial charge in [0.05, 0.1) is 6.10 Å². The van der Waals surface area contributed by atoms with E-state index in [9.17, 15) is 5.11 Å². The lowest BCUT2D eigenvalue weighted by Gasteiger charge is -2.12. The van der Waals surface area contributed by atoms with E-state index in [1.807, 2.05) is 19.3 Å². The smallest absolute Gasteiger partial charge is 0.187 e. The second-order valence-electron chi connectivity index (χ2n) is 3.72. The number of hydrogen-bond donors (Lipinski definition) is 2. The number of thioether (sulfide) groups is 1. The van der Waals surface area contributed by atoms with Crippen molar-refractivity contribution in [3.05, 3.63) is 18.0 Å². The summed E-state index contributed by atoms with van der Waals surface area (Å²) < 4.78 is 0. The molecular formula is C11H19N3OS. The van der Waals surface area contributed by atoms with E-state index >= 15 is 0 Å².